The fraction of sp³-hybridized carbons (Fsp3) is 0.682. The number of hydrogen-bond acceptors (Lipinski definition) is 2. The van der Waals surface area contributed by atoms with E-state index in [0.29, 0.717) is 5.91 Å². The molecule has 3 aliphatic rings. The number of amides is 1. The van der Waals surface area contributed by atoms with Gasteiger partial charge in [0.05, 0.1) is 12.0 Å². The summed E-state index contributed by atoms with van der Waals surface area (Å²) in [6.45, 7) is 3.31. The Bertz CT molecular complexity index is 585. The molecule has 1 amide bonds. The number of rotatable bonds is 4. The van der Waals surface area contributed by atoms with E-state index in [1.54, 1.807) is 0 Å². The summed E-state index contributed by atoms with van der Waals surface area (Å²) >= 11 is 0. The van der Waals surface area contributed by atoms with Crippen molar-refractivity contribution in [3.63, 3.8) is 0 Å². The maximum Gasteiger partial charge on any atom is 0.227 e. The third kappa shape index (κ3) is 3.62. The fourth-order valence-electron chi connectivity index (χ4n) is 5.19. The molecular weight excluding hydrogens is 308 g/mol. The van der Waals surface area contributed by atoms with E-state index in [-0.39, 0.29) is 12.0 Å². The second-order valence-corrected chi connectivity index (χ2v) is 8.41. The normalized spacial score (nSPS) is 28.8. The van der Waals surface area contributed by atoms with E-state index in [1.807, 2.05) is 11.9 Å². The highest BCUT2D eigenvalue weighted by molar-refractivity contribution is 5.81. The van der Waals surface area contributed by atoms with Gasteiger partial charge in [-0.05, 0) is 62.2 Å². The quantitative estimate of drug-likeness (QED) is 0.813. The SMILES string of the molecule is CN1C(=O)[C@@H](CN2CCCCC2)C[C@H]1c1ccc(C2CCCC2)cc1. The molecule has 3 fully saturated rings. The van der Waals surface area contributed by atoms with Crippen molar-refractivity contribution in [1.29, 1.82) is 0 Å². The Labute approximate surface area is 152 Å². The predicted molar refractivity (Wildman–Crippen MR) is 102 cm³/mol. The Hall–Kier alpha value is -1.35. The second kappa shape index (κ2) is 7.49. The Kier molecular flexibility index (Phi) is 5.12. The van der Waals surface area contributed by atoms with Crippen molar-refractivity contribution in [3.8, 4) is 0 Å². The number of benzene rings is 1. The zero-order valence-electron chi connectivity index (χ0n) is 15.6. The lowest BCUT2D eigenvalue weighted by Gasteiger charge is -2.28. The summed E-state index contributed by atoms with van der Waals surface area (Å²) in [5.41, 5.74) is 2.82. The molecule has 1 aliphatic carbocycles. The molecule has 136 valence electrons. The Morgan fingerprint density at radius 2 is 1.56 bits per heavy atom. The van der Waals surface area contributed by atoms with Gasteiger partial charge in [0.15, 0.2) is 0 Å². The first-order chi connectivity index (χ1) is 12.2. The highest BCUT2D eigenvalue weighted by atomic mass is 16.2. The zero-order valence-corrected chi connectivity index (χ0v) is 15.6. The molecule has 0 unspecified atom stereocenters. The van der Waals surface area contributed by atoms with E-state index < -0.39 is 0 Å². The zero-order chi connectivity index (χ0) is 17.2. The van der Waals surface area contributed by atoms with Crippen molar-refractivity contribution < 1.29 is 4.79 Å². The molecule has 0 bridgehead atoms. The molecule has 2 saturated heterocycles. The Balaban J connectivity index is 1.42. The minimum absolute atomic E-state index is 0.183. The maximum atomic E-state index is 12.7. The third-order valence-electron chi connectivity index (χ3n) is 6.75. The molecule has 3 heteroatoms. The van der Waals surface area contributed by atoms with E-state index in [2.05, 4.69) is 29.2 Å². The lowest BCUT2D eigenvalue weighted by Crippen LogP contribution is -2.36. The molecule has 0 radical (unpaired) electrons. The van der Waals surface area contributed by atoms with Crippen molar-refractivity contribution in [1.82, 2.24) is 9.80 Å². The van der Waals surface area contributed by atoms with Gasteiger partial charge in [-0.25, -0.2) is 0 Å². The van der Waals surface area contributed by atoms with Crippen LogP contribution in [0.15, 0.2) is 24.3 Å². The summed E-state index contributed by atoms with van der Waals surface area (Å²) in [6.07, 6.45) is 10.4. The summed E-state index contributed by atoms with van der Waals surface area (Å²) in [6, 6.07) is 9.47. The van der Waals surface area contributed by atoms with Crippen LogP contribution in [0, 0.1) is 5.92 Å². The number of nitrogens with zero attached hydrogens (tertiary/aromatic N) is 2. The molecule has 1 aromatic rings. The van der Waals surface area contributed by atoms with Crippen LogP contribution in [0.3, 0.4) is 0 Å². The smallest absolute Gasteiger partial charge is 0.227 e. The fourth-order valence-corrected chi connectivity index (χ4v) is 5.19. The summed E-state index contributed by atoms with van der Waals surface area (Å²) in [7, 11) is 1.99. The molecule has 4 rings (SSSR count). The average Bonchev–Trinajstić information content (AvgIpc) is 3.28. The summed E-state index contributed by atoms with van der Waals surface area (Å²) in [5, 5.41) is 0. The molecule has 0 spiro atoms. The lowest BCUT2D eigenvalue weighted by molar-refractivity contribution is -0.131. The van der Waals surface area contributed by atoms with Crippen LogP contribution < -0.4 is 0 Å². The van der Waals surface area contributed by atoms with Crippen LogP contribution in [0.5, 0.6) is 0 Å². The molecule has 1 saturated carbocycles. The van der Waals surface area contributed by atoms with Crippen molar-refractivity contribution in [3.05, 3.63) is 35.4 Å². The van der Waals surface area contributed by atoms with Crippen LogP contribution in [-0.4, -0.2) is 42.4 Å². The van der Waals surface area contributed by atoms with Gasteiger partial charge >= 0.3 is 0 Å². The summed E-state index contributed by atoms with van der Waals surface area (Å²) in [5.74, 6) is 1.29. The van der Waals surface area contributed by atoms with E-state index in [1.165, 1.54) is 69.2 Å². The lowest BCUT2D eigenvalue weighted by atomic mass is 9.93. The Morgan fingerprint density at radius 1 is 0.920 bits per heavy atom. The van der Waals surface area contributed by atoms with Crippen LogP contribution in [-0.2, 0) is 4.79 Å². The van der Waals surface area contributed by atoms with Gasteiger partial charge in [-0.15, -0.1) is 0 Å². The van der Waals surface area contributed by atoms with Crippen molar-refractivity contribution in [2.45, 2.75) is 63.3 Å². The maximum absolute atomic E-state index is 12.7. The van der Waals surface area contributed by atoms with Crippen molar-refractivity contribution in [2.24, 2.45) is 5.92 Å². The van der Waals surface area contributed by atoms with Crippen LogP contribution >= 0.6 is 0 Å². The predicted octanol–water partition coefficient (Wildman–Crippen LogP) is 4.35. The largest absolute Gasteiger partial charge is 0.338 e. The minimum atomic E-state index is 0.183. The van der Waals surface area contributed by atoms with Gasteiger partial charge < -0.3 is 9.80 Å². The highest BCUT2D eigenvalue weighted by Gasteiger charge is 2.38. The topological polar surface area (TPSA) is 23.6 Å². The highest BCUT2D eigenvalue weighted by Crippen LogP contribution is 2.38. The first kappa shape index (κ1) is 17.1. The second-order valence-electron chi connectivity index (χ2n) is 8.41. The van der Waals surface area contributed by atoms with Crippen molar-refractivity contribution >= 4 is 5.91 Å². The first-order valence-corrected chi connectivity index (χ1v) is 10.3. The minimum Gasteiger partial charge on any atom is -0.338 e. The van der Waals surface area contributed by atoms with Crippen LogP contribution in [0.25, 0.3) is 0 Å². The van der Waals surface area contributed by atoms with E-state index in [4.69, 9.17) is 0 Å². The molecule has 0 aromatic heterocycles. The monoisotopic (exact) mass is 340 g/mol. The molecule has 2 heterocycles. The summed E-state index contributed by atoms with van der Waals surface area (Å²) in [4.78, 5) is 17.2. The summed E-state index contributed by atoms with van der Waals surface area (Å²) < 4.78 is 0. The number of likely N-dealkylation sites (tertiary alicyclic amines) is 2. The van der Waals surface area contributed by atoms with E-state index >= 15 is 0 Å². The molecule has 2 aliphatic heterocycles. The van der Waals surface area contributed by atoms with Gasteiger partial charge in [-0.2, -0.15) is 0 Å². The number of carbonyl (C=O) groups excluding carboxylic acids is 1. The average molecular weight is 341 g/mol. The van der Waals surface area contributed by atoms with E-state index in [9.17, 15) is 4.79 Å². The van der Waals surface area contributed by atoms with Gasteiger partial charge in [0.1, 0.15) is 0 Å². The molecule has 25 heavy (non-hydrogen) atoms. The van der Waals surface area contributed by atoms with Gasteiger partial charge in [0, 0.05) is 13.6 Å². The van der Waals surface area contributed by atoms with Gasteiger partial charge in [0.25, 0.3) is 0 Å². The Morgan fingerprint density at radius 3 is 2.24 bits per heavy atom. The van der Waals surface area contributed by atoms with Gasteiger partial charge in [-0.3, -0.25) is 4.79 Å². The first-order valence-electron chi connectivity index (χ1n) is 10.3. The molecular formula is C22H32N2O. The van der Waals surface area contributed by atoms with Gasteiger partial charge in [0.2, 0.25) is 5.91 Å². The molecule has 1 aromatic carbocycles. The van der Waals surface area contributed by atoms with E-state index in [0.717, 1.165) is 18.9 Å². The number of hydrogen-bond donors (Lipinski definition) is 0. The van der Waals surface area contributed by atoms with Crippen LogP contribution in [0.1, 0.15) is 74.5 Å². The van der Waals surface area contributed by atoms with Gasteiger partial charge in [-0.1, -0.05) is 43.5 Å². The third-order valence-corrected chi connectivity index (χ3v) is 6.75. The van der Waals surface area contributed by atoms with Crippen molar-refractivity contribution in [2.75, 3.05) is 26.7 Å². The number of carbonyl (C=O) groups is 1. The molecule has 2 atom stereocenters. The number of piperidine rings is 1. The molecule has 0 N–H and O–H groups in total. The standard InChI is InChI=1S/C22H32N2O/c1-23-21(15-20(22(23)25)16-24-13-5-2-6-14-24)19-11-9-18(10-12-19)17-7-3-4-8-17/h9-12,17,20-21H,2-8,13-16H2,1H3/t20-,21+/m1/s1. The van der Waals surface area contributed by atoms with Crippen LogP contribution in [0.4, 0.5) is 0 Å². The molecule has 3 nitrogen and oxygen atoms in total. The van der Waals surface area contributed by atoms with Crippen LogP contribution in [0.2, 0.25) is 0 Å².